The number of aromatic nitrogens is 1. The lowest BCUT2D eigenvalue weighted by Gasteiger charge is -2.15. The Morgan fingerprint density at radius 1 is 1.23 bits per heavy atom. The maximum absolute atomic E-state index is 13.8. The molecule has 0 saturated carbocycles. The van der Waals surface area contributed by atoms with Crippen LogP contribution in [0.5, 0.6) is 5.75 Å². The number of hydrogen-bond acceptors (Lipinski definition) is 4. The second kappa shape index (κ2) is 7.68. The first kappa shape index (κ1) is 19.6. The quantitative estimate of drug-likeness (QED) is 0.576. The maximum atomic E-state index is 13.8. The van der Waals surface area contributed by atoms with Crippen molar-refractivity contribution >= 4 is 11.8 Å². The number of esters is 1. The van der Waals surface area contributed by atoms with Crippen molar-refractivity contribution in [1.29, 1.82) is 0 Å². The van der Waals surface area contributed by atoms with Crippen LogP contribution in [-0.2, 0) is 11.3 Å². The summed E-state index contributed by atoms with van der Waals surface area (Å²) in [6.45, 7) is 7.18. The third-order valence-corrected chi connectivity index (χ3v) is 4.28. The maximum Gasteiger partial charge on any atom is 0.354 e. The van der Waals surface area contributed by atoms with E-state index in [0.29, 0.717) is 35.1 Å². The Morgan fingerprint density at radius 3 is 2.42 bits per heavy atom. The first-order valence-corrected chi connectivity index (χ1v) is 8.16. The third kappa shape index (κ3) is 3.47. The first-order valence-electron chi connectivity index (χ1n) is 8.16. The van der Waals surface area contributed by atoms with Crippen LogP contribution in [-0.4, -0.2) is 29.5 Å². The third-order valence-electron chi connectivity index (χ3n) is 4.28. The van der Waals surface area contributed by atoms with Crippen LogP contribution < -0.4 is 4.74 Å². The van der Waals surface area contributed by atoms with Crippen molar-refractivity contribution in [3.8, 4) is 5.75 Å². The fourth-order valence-corrected chi connectivity index (χ4v) is 3.03. The number of rotatable bonds is 6. The van der Waals surface area contributed by atoms with Crippen LogP contribution in [0.15, 0.2) is 18.2 Å². The lowest BCUT2D eigenvalue weighted by molar-refractivity contribution is 0.0587. The summed E-state index contributed by atoms with van der Waals surface area (Å²) in [4.78, 5) is 24.9. The van der Waals surface area contributed by atoms with Crippen molar-refractivity contribution in [2.45, 2.75) is 40.3 Å². The minimum absolute atomic E-state index is 0.217. The van der Waals surface area contributed by atoms with E-state index in [4.69, 9.17) is 9.47 Å². The molecule has 0 unspecified atom stereocenters. The Labute approximate surface area is 150 Å². The Morgan fingerprint density at radius 2 is 1.88 bits per heavy atom. The summed E-state index contributed by atoms with van der Waals surface area (Å²) in [5, 5.41) is 0. The molecule has 0 amide bonds. The van der Waals surface area contributed by atoms with Gasteiger partial charge in [-0.1, -0.05) is 0 Å². The van der Waals surface area contributed by atoms with Gasteiger partial charge in [0, 0.05) is 23.9 Å². The molecule has 1 aromatic carbocycles. The van der Waals surface area contributed by atoms with E-state index in [1.165, 1.54) is 14.0 Å². The molecule has 5 nitrogen and oxygen atoms in total. The highest BCUT2D eigenvalue weighted by molar-refractivity contribution is 6.05. The number of carbonyl (C=O) groups is 2. The predicted octanol–water partition coefficient (Wildman–Crippen LogP) is 3.84. The van der Waals surface area contributed by atoms with E-state index in [1.54, 1.807) is 18.4 Å². The van der Waals surface area contributed by atoms with Gasteiger partial charge in [-0.15, -0.1) is 0 Å². The molecule has 1 aromatic heterocycles. The van der Waals surface area contributed by atoms with Crippen LogP contribution in [0.2, 0.25) is 0 Å². The highest BCUT2D eigenvalue weighted by Crippen LogP contribution is 2.26. The molecule has 140 valence electrons. The molecule has 0 fully saturated rings. The Balaban J connectivity index is 2.39. The van der Waals surface area contributed by atoms with Crippen LogP contribution in [0.1, 0.15) is 46.0 Å². The minimum Gasteiger partial charge on any atom is -0.479 e. The molecule has 0 bridgehead atoms. The summed E-state index contributed by atoms with van der Waals surface area (Å²) in [6, 6.07) is 2.87. The van der Waals surface area contributed by atoms with Gasteiger partial charge in [0.15, 0.2) is 17.7 Å². The molecule has 1 atom stereocenters. The minimum atomic E-state index is -1.02. The van der Waals surface area contributed by atoms with Crippen LogP contribution in [0.25, 0.3) is 0 Å². The summed E-state index contributed by atoms with van der Waals surface area (Å²) in [7, 11) is 1.27. The van der Waals surface area contributed by atoms with Crippen molar-refractivity contribution in [1.82, 2.24) is 4.57 Å². The molecule has 0 aliphatic heterocycles. The average molecular weight is 365 g/mol. The largest absolute Gasteiger partial charge is 0.479 e. The van der Waals surface area contributed by atoms with Crippen molar-refractivity contribution in [2.24, 2.45) is 0 Å². The Hall–Kier alpha value is -2.70. The summed E-state index contributed by atoms with van der Waals surface area (Å²) >= 11 is 0. The second-order valence-corrected chi connectivity index (χ2v) is 5.87. The van der Waals surface area contributed by atoms with Crippen molar-refractivity contribution in [3.05, 3.63) is 52.3 Å². The number of hydrogen-bond donors (Lipinski definition) is 0. The van der Waals surface area contributed by atoms with Crippen molar-refractivity contribution in [3.63, 3.8) is 0 Å². The SMILES string of the molecule is CCn1c(C)c(C(=O)[C@@H](C)Oc2ccc(F)cc2F)c(C)c1C(=O)OC. The van der Waals surface area contributed by atoms with Gasteiger partial charge in [-0.05, 0) is 45.4 Å². The summed E-state index contributed by atoms with van der Waals surface area (Å²) in [6.07, 6.45) is -1.02. The van der Waals surface area contributed by atoms with Gasteiger partial charge >= 0.3 is 5.97 Å². The van der Waals surface area contributed by atoms with Crippen LogP contribution in [0.3, 0.4) is 0 Å². The number of carbonyl (C=O) groups excluding carboxylic acids is 2. The fraction of sp³-hybridized carbons (Fsp3) is 0.368. The molecule has 2 rings (SSSR count). The van der Waals surface area contributed by atoms with E-state index in [1.807, 2.05) is 6.92 Å². The van der Waals surface area contributed by atoms with Crippen LogP contribution in [0.4, 0.5) is 8.78 Å². The van der Waals surface area contributed by atoms with E-state index in [-0.39, 0.29) is 5.75 Å². The molecule has 0 aliphatic rings. The number of nitrogens with zero attached hydrogens (tertiary/aromatic N) is 1. The van der Waals surface area contributed by atoms with E-state index >= 15 is 0 Å². The van der Waals surface area contributed by atoms with E-state index in [9.17, 15) is 18.4 Å². The average Bonchev–Trinajstić information content (AvgIpc) is 2.85. The molecule has 0 aliphatic carbocycles. The van der Waals surface area contributed by atoms with Gasteiger partial charge in [-0.2, -0.15) is 0 Å². The molecule has 0 radical (unpaired) electrons. The molecule has 2 aromatic rings. The molecular formula is C19H21F2NO4. The lowest BCUT2D eigenvalue weighted by atomic mass is 10.0. The first-order chi connectivity index (χ1) is 12.2. The normalized spacial score (nSPS) is 12.0. The van der Waals surface area contributed by atoms with Crippen LogP contribution >= 0.6 is 0 Å². The Bertz CT molecular complexity index is 858. The smallest absolute Gasteiger partial charge is 0.354 e. The van der Waals surface area contributed by atoms with Gasteiger partial charge in [-0.3, -0.25) is 4.79 Å². The zero-order valence-electron chi connectivity index (χ0n) is 15.4. The van der Waals surface area contributed by atoms with E-state index in [2.05, 4.69) is 0 Å². The van der Waals surface area contributed by atoms with Gasteiger partial charge in [0.2, 0.25) is 5.78 Å². The fourth-order valence-electron chi connectivity index (χ4n) is 3.03. The standard InChI is InChI=1S/C19H21F2NO4/c1-6-22-11(3)16(10(2)17(22)19(24)25-5)18(23)12(4)26-15-8-7-13(20)9-14(15)21/h7-9,12H,6H2,1-5H3/t12-/m1/s1. The topological polar surface area (TPSA) is 57.5 Å². The lowest BCUT2D eigenvalue weighted by Crippen LogP contribution is -2.25. The van der Waals surface area contributed by atoms with Gasteiger partial charge in [-0.25, -0.2) is 13.6 Å². The zero-order valence-corrected chi connectivity index (χ0v) is 15.4. The predicted molar refractivity (Wildman–Crippen MR) is 91.7 cm³/mol. The van der Waals surface area contributed by atoms with E-state index < -0.39 is 29.5 Å². The summed E-state index contributed by atoms with van der Waals surface area (Å²) < 4.78 is 38.6. The monoisotopic (exact) mass is 365 g/mol. The highest BCUT2D eigenvalue weighted by Gasteiger charge is 2.29. The van der Waals surface area contributed by atoms with Crippen LogP contribution in [0, 0.1) is 25.5 Å². The molecule has 1 heterocycles. The number of halogens is 2. The second-order valence-electron chi connectivity index (χ2n) is 5.87. The molecule has 0 spiro atoms. The van der Waals surface area contributed by atoms with E-state index in [0.717, 1.165) is 12.1 Å². The number of Topliss-reactive ketones (excluding diaryl/α,β-unsaturated/α-hetero) is 1. The van der Waals surface area contributed by atoms with Crippen molar-refractivity contribution < 1.29 is 27.8 Å². The van der Waals surface area contributed by atoms with Gasteiger partial charge < -0.3 is 14.0 Å². The van der Waals surface area contributed by atoms with Gasteiger partial charge in [0.25, 0.3) is 0 Å². The zero-order chi connectivity index (χ0) is 19.6. The summed E-state index contributed by atoms with van der Waals surface area (Å²) in [5.74, 6) is -2.78. The number of methoxy groups -OCH3 is 1. The van der Waals surface area contributed by atoms with Gasteiger partial charge in [0.05, 0.1) is 7.11 Å². The highest BCUT2D eigenvalue weighted by atomic mass is 19.1. The molecular weight excluding hydrogens is 344 g/mol. The molecule has 0 saturated heterocycles. The summed E-state index contributed by atoms with van der Waals surface area (Å²) in [5.41, 5.74) is 1.72. The molecule has 7 heteroatoms. The van der Waals surface area contributed by atoms with Gasteiger partial charge in [0.1, 0.15) is 11.5 Å². The molecule has 0 N–H and O–H groups in total. The molecule has 26 heavy (non-hydrogen) atoms. The number of ether oxygens (including phenoxy) is 2. The van der Waals surface area contributed by atoms with Crippen molar-refractivity contribution in [2.75, 3.05) is 7.11 Å². The Kier molecular flexibility index (Phi) is 5.79. The number of ketones is 1. The number of benzene rings is 1.